The summed E-state index contributed by atoms with van der Waals surface area (Å²) >= 11 is 11.9. The molecule has 0 fully saturated rings. The Labute approximate surface area is 154 Å². The van der Waals surface area contributed by atoms with Gasteiger partial charge in [0, 0.05) is 11.3 Å². The third kappa shape index (κ3) is 5.48. The van der Waals surface area contributed by atoms with Crippen LogP contribution in [0.2, 0.25) is 10.0 Å². The van der Waals surface area contributed by atoms with E-state index in [0.29, 0.717) is 33.7 Å². The number of anilines is 1. The number of nitrogens with zero attached hydrogens (tertiary/aromatic N) is 1. The molecule has 8 heteroatoms. The van der Waals surface area contributed by atoms with Crippen molar-refractivity contribution in [3.63, 3.8) is 0 Å². The van der Waals surface area contributed by atoms with Gasteiger partial charge in [0.05, 0.1) is 22.9 Å². The van der Waals surface area contributed by atoms with Gasteiger partial charge in [0.25, 0.3) is 0 Å². The van der Waals surface area contributed by atoms with Gasteiger partial charge in [-0.25, -0.2) is 5.43 Å². The van der Waals surface area contributed by atoms with Gasteiger partial charge in [0.1, 0.15) is 5.75 Å². The third-order valence-corrected chi connectivity index (χ3v) is 3.81. The van der Waals surface area contributed by atoms with E-state index in [2.05, 4.69) is 15.8 Å². The van der Waals surface area contributed by atoms with E-state index in [1.165, 1.54) is 6.21 Å². The van der Waals surface area contributed by atoms with E-state index in [-0.39, 0.29) is 0 Å². The fraction of sp³-hybridized carbons (Fsp3) is 0.118. The summed E-state index contributed by atoms with van der Waals surface area (Å²) in [5, 5.41) is 6.82. The van der Waals surface area contributed by atoms with Gasteiger partial charge in [-0.15, -0.1) is 0 Å². The lowest BCUT2D eigenvalue weighted by atomic mass is 10.2. The molecule has 2 aromatic carbocycles. The van der Waals surface area contributed by atoms with Crippen molar-refractivity contribution in [3.05, 3.63) is 58.1 Å². The molecule has 2 rings (SSSR count). The number of hydrazone groups is 1. The number of halogens is 2. The minimum absolute atomic E-state index is 0.306. The Kier molecular flexibility index (Phi) is 6.80. The maximum Gasteiger partial charge on any atom is 0.329 e. The standard InChI is InChI=1S/C17H15Cl2N3O3/c1-2-25-13-8-6-12(7-9-13)21-16(23)17(24)22-20-10-11-4-3-5-14(18)15(11)19/h3-10H,2H2,1H3,(H,21,23)(H,22,24)/b20-10-. The van der Waals surface area contributed by atoms with Crippen LogP contribution in [0.3, 0.4) is 0 Å². The summed E-state index contributed by atoms with van der Waals surface area (Å²) in [5.41, 5.74) is 3.10. The highest BCUT2D eigenvalue weighted by atomic mass is 35.5. The number of amides is 2. The Hall–Kier alpha value is -2.57. The fourth-order valence-electron chi connectivity index (χ4n) is 1.82. The third-order valence-electron chi connectivity index (χ3n) is 2.98. The van der Waals surface area contributed by atoms with Crippen molar-refractivity contribution in [2.75, 3.05) is 11.9 Å². The molecule has 0 aliphatic rings. The number of rotatable bonds is 5. The Morgan fingerprint density at radius 2 is 1.84 bits per heavy atom. The van der Waals surface area contributed by atoms with Crippen LogP contribution in [0.25, 0.3) is 0 Å². The summed E-state index contributed by atoms with van der Waals surface area (Å²) < 4.78 is 5.30. The zero-order valence-corrected chi connectivity index (χ0v) is 14.8. The normalized spacial score (nSPS) is 10.5. The van der Waals surface area contributed by atoms with Gasteiger partial charge >= 0.3 is 11.8 Å². The Morgan fingerprint density at radius 3 is 2.52 bits per heavy atom. The highest BCUT2D eigenvalue weighted by molar-refractivity contribution is 6.43. The predicted octanol–water partition coefficient (Wildman–Crippen LogP) is 3.48. The van der Waals surface area contributed by atoms with Crippen LogP contribution in [0.15, 0.2) is 47.6 Å². The van der Waals surface area contributed by atoms with Crippen LogP contribution in [0.1, 0.15) is 12.5 Å². The molecule has 0 radical (unpaired) electrons. The maximum absolute atomic E-state index is 11.8. The summed E-state index contributed by atoms with van der Waals surface area (Å²) in [7, 11) is 0. The lowest BCUT2D eigenvalue weighted by molar-refractivity contribution is -0.136. The average Bonchev–Trinajstić information content (AvgIpc) is 2.60. The van der Waals surface area contributed by atoms with Crippen molar-refractivity contribution < 1.29 is 14.3 Å². The molecule has 0 atom stereocenters. The number of nitrogens with one attached hydrogen (secondary N) is 2. The molecule has 2 aromatic rings. The van der Waals surface area contributed by atoms with Crippen molar-refractivity contribution in [1.82, 2.24) is 5.43 Å². The number of hydrogen-bond donors (Lipinski definition) is 2. The van der Waals surface area contributed by atoms with Crippen LogP contribution in [-0.4, -0.2) is 24.6 Å². The number of carbonyl (C=O) groups is 2. The van der Waals surface area contributed by atoms with E-state index in [4.69, 9.17) is 27.9 Å². The topological polar surface area (TPSA) is 79.8 Å². The predicted molar refractivity (Wildman–Crippen MR) is 98.4 cm³/mol. The van der Waals surface area contributed by atoms with Crippen molar-refractivity contribution in [2.24, 2.45) is 5.10 Å². The second-order valence-electron chi connectivity index (χ2n) is 4.75. The second kappa shape index (κ2) is 9.05. The number of hydrogen-bond acceptors (Lipinski definition) is 4. The molecule has 0 saturated heterocycles. The molecule has 0 aliphatic heterocycles. The first-order valence-corrected chi connectivity index (χ1v) is 8.08. The van der Waals surface area contributed by atoms with E-state index < -0.39 is 11.8 Å². The maximum atomic E-state index is 11.8. The molecular formula is C17H15Cl2N3O3. The zero-order valence-electron chi connectivity index (χ0n) is 13.3. The molecule has 0 bridgehead atoms. The van der Waals surface area contributed by atoms with Gasteiger partial charge < -0.3 is 10.1 Å². The molecule has 130 valence electrons. The number of benzene rings is 2. The second-order valence-corrected chi connectivity index (χ2v) is 5.54. The molecule has 25 heavy (non-hydrogen) atoms. The smallest absolute Gasteiger partial charge is 0.329 e. The molecule has 0 aliphatic carbocycles. The minimum atomic E-state index is -0.914. The number of carbonyl (C=O) groups excluding carboxylic acids is 2. The van der Waals surface area contributed by atoms with E-state index >= 15 is 0 Å². The highest BCUT2D eigenvalue weighted by Gasteiger charge is 2.13. The highest BCUT2D eigenvalue weighted by Crippen LogP contribution is 2.24. The molecule has 0 spiro atoms. The summed E-state index contributed by atoms with van der Waals surface area (Å²) in [6.45, 7) is 2.42. The summed E-state index contributed by atoms with van der Waals surface area (Å²) in [6.07, 6.45) is 1.30. The quantitative estimate of drug-likeness (QED) is 0.474. The zero-order chi connectivity index (χ0) is 18.2. The molecule has 2 N–H and O–H groups in total. The molecule has 6 nitrogen and oxygen atoms in total. The van der Waals surface area contributed by atoms with Crippen molar-refractivity contribution in [1.29, 1.82) is 0 Å². The lowest BCUT2D eigenvalue weighted by Gasteiger charge is -2.06. The van der Waals surface area contributed by atoms with Gasteiger partial charge in [0.15, 0.2) is 0 Å². The minimum Gasteiger partial charge on any atom is -0.494 e. The van der Waals surface area contributed by atoms with Gasteiger partial charge in [-0.2, -0.15) is 5.10 Å². The van der Waals surface area contributed by atoms with Crippen molar-refractivity contribution in [2.45, 2.75) is 6.92 Å². The van der Waals surface area contributed by atoms with Gasteiger partial charge in [-0.05, 0) is 37.3 Å². The molecule has 0 heterocycles. The summed E-state index contributed by atoms with van der Waals surface area (Å²) in [6, 6.07) is 11.6. The molecule has 0 aromatic heterocycles. The first kappa shape index (κ1) is 18.8. The van der Waals surface area contributed by atoms with E-state index in [0.717, 1.165) is 0 Å². The van der Waals surface area contributed by atoms with E-state index in [1.54, 1.807) is 42.5 Å². The molecule has 0 saturated carbocycles. The Bertz CT molecular complexity index is 792. The van der Waals surface area contributed by atoms with Crippen LogP contribution in [0.4, 0.5) is 5.69 Å². The Balaban J connectivity index is 1.90. The van der Waals surface area contributed by atoms with Crippen LogP contribution in [0.5, 0.6) is 5.75 Å². The summed E-state index contributed by atoms with van der Waals surface area (Å²) in [5.74, 6) is -1.09. The SMILES string of the molecule is CCOc1ccc(NC(=O)C(=O)N/N=C\c2cccc(Cl)c2Cl)cc1. The Morgan fingerprint density at radius 1 is 1.12 bits per heavy atom. The van der Waals surface area contributed by atoms with Crippen LogP contribution >= 0.6 is 23.2 Å². The monoisotopic (exact) mass is 379 g/mol. The van der Waals surface area contributed by atoms with Crippen molar-refractivity contribution in [3.8, 4) is 5.75 Å². The number of ether oxygens (including phenoxy) is 1. The first-order valence-electron chi connectivity index (χ1n) is 7.32. The molecule has 0 unspecified atom stereocenters. The van der Waals surface area contributed by atoms with Crippen LogP contribution < -0.4 is 15.5 Å². The molecular weight excluding hydrogens is 365 g/mol. The van der Waals surface area contributed by atoms with E-state index in [9.17, 15) is 9.59 Å². The average molecular weight is 380 g/mol. The van der Waals surface area contributed by atoms with E-state index in [1.807, 2.05) is 6.92 Å². The van der Waals surface area contributed by atoms with Gasteiger partial charge in [-0.3, -0.25) is 9.59 Å². The van der Waals surface area contributed by atoms with Crippen LogP contribution in [-0.2, 0) is 9.59 Å². The van der Waals surface area contributed by atoms with Gasteiger partial charge in [-0.1, -0.05) is 35.3 Å². The molecule has 2 amide bonds. The first-order chi connectivity index (χ1) is 12.0. The summed E-state index contributed by atoms with van der Waals surface area (Å²) in [4.78, 5) is 23.5. The van der Waals surface area contributed by atoms with Crippen LogP contribution in [0, 0.1) is 0 Å². The largest absolute Gasteiger partial charge is 0.494 e. The fourth-order valence-corrected chi connectivity index (χ4v) is 2.18. The van der Waals surface area contributed by atoms with Crippen molar-refractivity contribution >= 4 is 46.9 Å². The lowest BCUT2D eigenvalue weighted by Crippen LogP contribution is -2.32. The van der Waals surface area contributed by atoms with Gasteiger partial charge in [0.2, 0.25) is 0 Å².